The Hall–Kier alpha value is -3.50. The smallest absolute Gasteiger partial charge is 0.313 e. The lowest BCUT2D eigenvalue weighted by Crippen LogP contribution is -2.60. The zero-order valence-corrected chi connectivity index (χ0v) is 30.4. The number of carbonyl (C=O) groups is 4. The fraction of sp³-hybridized carbons (Fsp3) is 0.650. The van der Waals surface area contributed by atoms with Gasteiger partial charge in [0.05, 0.1) is 36.6 Å². The number of amides is 3. The normalized spacial score (nSPS) is 27.8. The van der Waals surface area contributed by atoms with Crippen molar-refractivity contribution >= 4 is 23.7 Å². The molecule has 8 atom stereocenters. The third-order valence-electron chi connectivity index (χ3n) is 11.6. The molecule has 0 radical (unpaired) electrons. The Balaban J connectivity index is 1.50. The van der Waals surface area contributed by atoms with Gasteiger partial charge in [-0.1, -0.05) is 75.6 Å². The summed E-state index contributed by atoms with van der Waals surface area (Å²) in [6.45, 7) is 13.6. The molecule has 0 unspecified atom stereocenters. The van der Waals surface area contributed by atoms with E-state index in [-0.39, 0.29) is 42.7 Å². The minimum Gasteiger partial charge on any atom is -0.455 e. The van der Waals surface area contributed by atoms with Gasteiger partial charge >= 0.3 is 5.97 Å². The molecule has 5 rings (SSSR count). The SMILES string of the molecule is C=CCCC(=O)N(C)[C@H](C)[C@H](OC(=O)[C@@H]1[C@H]2C(=O)N([C@@H](CO)CC(C)C)[C@H](C(=O)N(CC=C)C3CCCCC3)[C@]23CC[C@H]1O3)c1ccccc1. The highest BCUT2D eigenvalue weighted by atomic mass is 16.6. The van der Waals surface area contributed by atoms with Crippen LogP contribution in [0.5, 0.6) is 0 Å². The van der Waals surface area contributed by atoms with Crippen LogP contribution < -0.4 is 0 Å². The molecule has 4 fully saturated rings. The van der Waals surface area contributed by atoms with Gasteiger partial charge in [0.15, 0.2) is 0 Å². The average molecular weight is 692 g/mol. The van der Waals surface area contributed by atoms with Gasteiger partial charge in [-0.05, 0) is 56.9 Å². The number of nitrogens with zero attached hydrogens (tertiary/aromatic N) is 3. The van der Waals surface area contributed by atoms with Crippen LogP contribution in [-0.4, -0.2) is 99.6 Å². The summed E-state index contributed by atoms with van der Waals surface area (Å²) in [5.74, 6) is -2.92. The summed E-state index contributed by atoms with van der Waals surface area (Å²) in [5.41, 5.74) is -0.487. The van der Waals surface area contributed by atoms with Crippen molar-refractivity contribution in [1.82, 2.24) is 14.7 Å². The summed E-state index contributed by atoms with van der Waals surface area (Å²) in [5, 5.41) is 10.7. The molecule has 1 spiro atoms. The Labute approximate surface area is 297 Å². The lowest BCUT2D eigenvalue weighted by Gasteiger charge is -2.42. The molecule has 1 aromatic rings. The van der Waals surface area contributed by atoms with Gasteiger partial charge in [-0.25, -0.2) is 0 Å². The number of hydrogen-bond donors (Lipinski definition) is 1. The molecule has 1 aliphatic carbocycles. The molecule has 1 saturated carbocycles. The second-order valence-electron chi connectivity index (χ2n) is 15.2. The first-order valence-corrected chi connectivity index (χ1v) is 18.6. The van der Waals surface area contributed by atoms with Gasteiger partial charge in [0, 0.05) is 26.1 Å². The van der Waals surface area contributed by atoms with Crippen molar-refractivity contribution in [2.75, 3.05) is 20.2 Å². The van der Waals surface area contributed by atoms with Crippen molar-refractivity contribution in [3.63, 3.8) is 0 Å². The minimum atomic E-state index is -1.22. The highest BCUT2D eigenvalue weighted by Gasteiger charge is 2.76. The van der Waals surface area contributed by atoms with Gasteiger partial charge in [-0.3, -0.25) is 19.2 Å². The molecule has 3 aliphatic heterocycles. The molecule has 0 aromatic heterocycles. The van der Waals surface area contributed by atoms with E-state index in [0.29, 0.717) is 32.2 Å². The quantitative estimate of drug-likeness (QED) is 0.187. The van der Waals surface area contributed by atoms with Crippen molar-refractivity contribution < 1.29 is 33.8 Å². The molecule has 50 heavy (non-hydrogen) atoms. The number of fused-ring (bicyclic) bond motifs is 1. The molecule has 3 saturated heterocycles. The maximum atomic E-state index is 14.9. The van der Waals surface area contributed by atoms with Crippen molar-refractivity contribution in [2.45, 2.75) is 127 Å². The van der Waals surface area contributed by atoms with E-state index in [1.54, 1.807) is 29.0 Å². The number of carbonyl (C=O) groups excluding carboxylic acids is 4. The van der Waals surface area contributed by atoms with Crippen LogP contribution in [-0.2, 0) is 28.7 Å². The van der Waals surface area contributed by atoms with Gasteiger partial charge in [0.1, 0.15) is 17.7 Å². The van der Waals surface area contributed by atoms with E-state index in [1.807, 2.05) is 56.0 Å². The molecular formula is C40H57N3O7. The van der Waals surface area contributed by atoms with E-state index in [0.717, 1.165) is 37.7 Å². The molecule has 10 nitrogen and oxygen atoms in total. The lowest BCUT2D eigenvalue weighted by molar-refractivity contribution is -0.165. The third kappa shape index (κ3) is 7.15. The number of esters is 1. The molecule has 274 valence electrons. The van der Waals surface area contributed by atoms with Crippen LogP contribution in [0.2, 0.25) is 0 Å². The Morgan fingerprint density at radius 2 is 1.78 bits per heavy atom. The van der Waals surface area contributed by atoms with E-state index in [1.165, 1.54) is 0 Å². The molecular weight excluding hydrogens is 634 g/mol. The van der Waals surface area contributed by atoms with Crippen LogP contribution in [0.3, 0.4) is 0 Å². The van der Waals surface area contributed by atoms with Crippen LogP contribution in [0.25, 0.3) is 0 Å². The largest absolute Gasteiger partial charge is 0.455 e. The number of benzene rings is 1. The first kappa shape index (κ1) is 37.7. The summed E-state index contributed by atoms with van der Waals surface area (Å²) >= 11 is 0. The highest BCUT2D eigenvalue weighted by molar-refractivity contribution is 5.98. The number of aliphatic hydroxyl groups excluding tert-OH is 1. The van der Waals surface area contributed by atoms with Crippen molar-refractivity contribution in [3.8, 4) is 0 Å². The summed E-state index contributed by atoms with van der Waals surface area (Å²) in [6.07, 6.45) is 9.27. The van der Waals surface area contributed by atoms with E-state index in [4.69, 9.17) is 9.47 Å². The van der Waals surface area contributed by atoms with Gasteiger partial charge < -0.3 is 29.3 Å². The number of allylic oxidation sites excluding steroid dienone is 1. The van der Waals surface area contributed by atoms with Crippen LogP contribution >= 0.6 is 0 Å². The standard InChI is InChI=1S/C40H57N3O7/c1-7-9-20-32(45)41(6)27(5)35(28-16-12-10-13-17-28)49-39(48)33-31-21-22-40(50-31)34(33)37(46)43(30(25-44)24-26(3)4)36(40)38(47)42(23-8-2)29-18-14-11-15-19-29/h7-8,10,12-13,16-17,26-27,29-31,33-36,44H,1-2,9,11,14-15,18-25H2,3-6H3/t27-,30-,31-,33+,34+,35+,36-,40+/m1/s1. The maximum absolute atomic E-state index is 14.9. The Kier molecular flexibility index (Phi) is 12.3. The molecule has 10 heteroatoms. The van der Waals surface area contributed by atoms with Crippen LogP contribution in [0.15, 0.2) is 55.6 Å². The van der Waals surface area contributed by atoms with Crippen molar-refractivity contribution in [3.05, 3.63) is 61.2 Å². The van der Waals surface area contributed by atoms with Crippen molar-refractivity contribution in [1.29, 1.82) is 0 Å². The molecule has 4 aliphatic rings. The first-order valence-electron chi connectivity index (χ1n) is 18.6. The fourth-order valence-electron chi connectivity index (χ4n) is 9.08. The summed E-state index contributed by atoms with van der Waals surface area (Å²) in [7, 11) is 1.70. The van der Waals surface area contributed by atoms with Crippen LogP contribution in [0.4, 0.5) is 0 Å². The van der Waals surface area contributed by atoms with E-state index >= 15 is 0 Å². The predicted octanol–water partition coefficient (Wildman–Crippen LogP) is 5.21. The summed E-state index contributed by atoms with van der Waals surface area (Å²) < 4.78 is 13.1. The van der Waals surface area contributed by atoms with Gasteiger partial charge in [-0.2, -0.15) is 0 Å². The summed E-state index contributed by atoms with van der Waals surface area (Å²) in [6, 6.07) is 7.25. The number of likely N-dealkylation sites (tertiary alicyclic amines) is 1. The molecule has 1 aromatic carbocycles. The van der Waals surface area contributed by atoms with Crippen LogP contribution in [0, 0.1) is 17.8 Å². The maximum Gasteiger partial charge on any atom is 0.313 e. The summed E-state index contributed by atoms with van der Waals surface area (Å²) in [4.78, 5) is 62.3. The highest BCUT2D eigenvalue weighted by Crippen LogP contribution is 2.59. The lowest BCUT2D eigenvalue weighted by atomic mass is 9.70. The monoisotopic (exact) mass is 691 g/mol. The van der Waals surface area contributed by atoms with E-state index in [2.05, 4.69) is 13.2 Å². The molecule has 3 amide bonds. The number of ether oxygens (including phenoxy) is 2. The second kappa shape index (κ2) is 16.2. The van der Waals surface area contributed by atoms with E-state index < -0.39 is 53.7 Å². The number of hydrogen-bond acceptors (Lipinski definition) is 7. The minimum absolute atomic E-state index is 0.0259. The predicted molar refractivity (Wildman–Crippen MR) is 191 cm³/mol. The zero-order chi connectivity index (χ0) is 36.2. The Morgan fingerprint density at radius 3 is 2.40 bits per heavy atom. The zero-order valence-electron chi connectivity index (χ0n) is 30.4. The Bertz CT molecular complexity index is 1390. The third-order valence-corrected chi connectivity index (χ3v) is 11.6. The van der Waals surface area contributed by atoms with Crippen molar-refractivity contribution in [2.24, 2.45) is 17.8 Å². The average Bonchev–Trinajstić information content (AvgIpc) is 3.77. The van der Waals surface area contributed by atoms with Gasteiger partial charge in [0.25, 0.3) is 0 Å². The topological polar surface area (TPSA) is 117 Å². The second-order valence-corrected chi connectivity index (χ2v) is 15.2. The first-order chi connectivity index (χ1) is 24.0. The fourth-order valence-corrected chi connectivity index (χ4v) is 9.08. The molecule has 1 N–H and O–H groups in total. The van der Waals surface area contributed by atoms with E-state index in [9.17, 15) is 24.3 Å². The number of rotatable bonds is 16. The van der Waals surface area contributed by atoms with Gasteiger partial charge in [-0.15, -0.1) is 13.2 Å². The Morgan fingerprint density at radius 1 is 1.08 bits per heavy atom. The molecule has 3 heterocycles. The van der Waals surface area contributed by atoms with Crippen LogP contribution in [0.1, 0.15) is 96.6 Å². The number of aliphatic hydroxyl groups is 1. The molecule has 2 bridgehead atoms. The van der Waals surface area contributed by atoms with Gasteiger partial charge in [0.2, 0.25) is 17.7 Å². The number of likely N-dealkylation sites (N-methyl/N-ethyl adjacent to an activating group) is 1.